The van der Waals surface area contributed by atoms with Gasteiger partial charge in [-0.05, 0) is 6.07 Å². The zero-order valence-electron chi connectivity index (χ0n) is 12.4. The molecular formula is C16H14N4O3S. The minimum Gasteiger partial charge on any atom is -0.364 e. The predicted octanol–water partition coefficient (Wildman–Crippen LogP) is 1.49. The number of hydrogen-bond donors (Lipinski definition) is 3. The number of carbonyl (C=O) groups excluding carboxylic acids is 1. The minimum absolute atomic E-state index is 0.0510. The first-order chi connectivity index (χ1) is 11.4. The molecule has 5 N–H and O–H groups in total. The topological polar surface area (TPSA) is 132 Å². The van der Waals surface area contributed by atoms with Gasteiger partial charge in [-0.15, -0.1) is 0 Å². The van der Waals surface area contributed by atoms with Gasteiger partial charge in [0.1, 0.15) is 0 Å². The number of carbonyl (C=O) groups is 1. The van der Waals surface area contributed by atoms with E-state index < -0.39 is 15.9 Å². The van der Waals surface area contributed by atoms with Crippen molar-refractivity contribution < 1.29 is 13.2 Å². The van der Waals surface area contributed by atoms with E-state index in [1.165, 1.54) is 6.07 Å². The zero-order chi connectivity index (χ0) is 17.3. The van der Waals surface area contributed by atoms with Crippen molar-refractivity contribution >= 4 is 15.9 Å². The third kappa shape index (κ3) is 2.80. The van der Waals surface area contributed by atoms with Crippen LogP contribution >= 0.6 is 0 Å². The van der Waals surface area contributed by atoms with E-state index in [1.54, 1.807) is 30.3 Å². The molecule has 0 aliphatic carbocycles. The van der Waals surface area contributed by atoms with Crippen LogP contribution < -0.4 is 10.9 Å². The second kappa shape index (κ2) is 5.91. The quantitative estimate of drug-likeness (QED) is 0.662. The van der Waals surface area contributed by atoms with Crippen LogP contribution in [0.25, 0.3) is 22.4 Å². The van der Waals surface area contributed by atoms with Gasteiger partial charge in [0, 0.05) is 16.7 Å². The van der Waals surface area contributed by atoms with E-state index in [9.17, 15) is 13.2 Å². The van der Waals surface area contributed by atoms with Crippen molar-refractivity contribution in [3.63, 3.8) is 0 Å². The van der Waals surface area contributed by atoms with Gasteiger partial charge in [0.25, 0.3) is 5.91 Å². The molecule has 0 bridgehead atoms. The molecule has 3 rings (SSSR count). The number of benzene rings is 2. The molecule has 0 saturated carbocycles. The van der Waals surface area contributed by atoms with Crippen LogP contribution in [0.3, 0.4) is 0 Å². The molecule has 0 radical (unpaired) electrons. The van der Waals surface area contributed by atoms with E-state index in [4.69, 9.17) is 10.9 Å². The standard InChI is InChI=1S/C16H14N4O3S/c17-16(21)15-13(11-8-4-5-9-12(11)24(18,22)23)14(19-20-15)10-6-2-1-3-7-10/h1-9H,(H2,17,21)(H,19,20)(H2,18,22,23). The van der Waals surface area contributed by atoms with Gasteiger partial charge >= 0.3 is 0 Å². The Morgan fingerprint density at radius 2 is 1.62 bits per heavy atom. The summed E-state index contributed by atoms with van der Waals surface area (Å²) in [5.41, 5.74) is 7.14. The number of aromatic nitrogens is 2. The van der Waals surface area contributed by atoms with Gasteiger partial charge < -0.3 is 5.73 Å². The molecule has 0 unspecified atom stereocenters. The number of nitrogens with one attached hydrogen (secondary N) is 1. The maximum absolute atomic E-state index is 11.9. The number of hydrogen-bond acceptors (Lipinski definition) is 4. The molecule has 0 atom stereocenters. The van der Waals surface area contributed by atoms with Gasteiger partial charge in [-0.25, -0.2) is 13.6 Å². The molecule has 24 heavy (non-hydrogen) atoms. The summed E-state index contributed by atoms with van der Waals surface area (Å²) in [7, 11) is -3.99. The van der Waals surface area contributed by atoms with Crippen molar-refractivity contribution in [1.29, 1.82) is 0 Å². The summed E-state index contributed by atoms with van der Waals surface area (Å²) < 4.78 is 23.8. The van der Waals surface area contributed by atoms with Gasteiger partial charge in [-0.2, -0.15) is 5.10 Å². The normalized spacial score (nSPS) is 11.4. The minimum atomic E-state index is -3.99. The molecular weight excluding hydrogens is 328 g/mol. The average molecular weight is 342 g/mol. The Morgan fingerprint density at radius 3 is 2.25 bits per heavy atom. The molecule has 0 fully saturated rings. The van der Waals surface area contributed by atoms with Gasteiger partial charge in [0.15, 0.2) is 5.69 Å². The second-order valence-electron chi connectivity index (χ2n) is 5.09. The molecule has 0 aliphatic heterocycles. The highest BCUT2D eigenvalue weighted by atomic mass is 32.2. The van der Waals surface area contributed by atoms with E-state index >= 15 is 0 Å². The molecule has 0 spiro atoms. The zero-order valence-corrected chi connectivity index (χ0v) is 13.2. The maximum Gasteiger partial charge on any atom is 0.269 e. The van der Waals surface area contributed by atoms with Crippen LogP contribution in [0.1, 0.15) is 10.5 Å². The maximum atomic E-state index is 11.9. The lowest BCUT2D eigenvalue weighted by Gasteiger charge is -2.10. The number of primary sulfonamides is 1. The molecule has 1 aromatic heterocycles. The molecule has 1 amide bonds. The van der Waals surface area contributed by atoms with Crippen LogP contribution in [0.2, 0.25) is 0 Å². The fourth-order valence-electron chi connectivity index (χ4n) is 2.52. The molecule has 0 saturated heterocycles. The molecule has 2 aromatic carbocycles. The van der Waals surface area contributed by atoms with E-state index in [0.29, 0.717) is 11.3 Å². The van der Waals surface area contributed by atoms with Crippen molar-refractivity contribution in [3.05, 3.63) is 60.3 Å². The number of aromatic amines is 1. The Balaban J connectivity index is 2.37. The first-order valence-electron chi connectivity index (χ1n) is 6.95. The molecule has 0 aliphatic rings. The van der Waals surface area contributed by atoms with Crippen molar-refractivity contribution in [2.24, 2.45) is 10.9 Å². The molecule has 1 heterocycles. The van der Waals surface area contributed by atoms with Crippen molar-refractivity contribution in [2.75, 3.05) is 0 Å². The largest absolute Gasteiger partial charge is 0.364 e. The number of rotatable bonds is 4. The monoisotopic (exact) mass is 342 g/mol. The van der Waals surface area contributed by atoms with E-state index in [-0.39, 0.29) is 16.2 Å². The highest BCUT2D eigenvalue weighted by Crippen LogP contribution is 2.36. The summed E-state index contributed by atoms with van der Waals surface area (Å²) >= 11 is 0. The smallest absolute Gasteiger partial charge is 0.269 e. The third-order valence-electron chi connectivity index (χ3n) is 3.53. The fourth-order valence-corrected chi connectivity index (χ4v) is 3.26. The number of nitrogens with zero attached hydrogens (tertiary/aromatic N) is 1. The number of primary amides is 1. The first kappa shape index (κ1) is 15.9. The third-order valence-corrected chi connectivity index (χ3v) is 4.49. The molecule has 122 valence electrons. The van der Waals surface area contributed by atoms with Crippen molar-refractivity contribution in [2.45, 2.75) is 4.90 Å². The van der Waals surface area contributed by atoms with Gasteiger partial charge in [-0.1, -0.05) is 48.5 Å². The van der Waals surface area contributed by atoms with Gasteiger partial charge in [0.2, 0.25) is 10.0 Å². The van der Waals surface area contributed by atoms with Crippen LogP contribution in [-0.4, -0.2) is 24.5 Å². The number of H-pyrrole nitrogens is 1. The van der Waals surface area contributed by atoms with Crippen LogP contribution in [0, 0.1) is 0 Å². The molecule has 3 aromatic rings. The SMILES string of the molecule is NC(=O)c1n[nH]c(-c2ccccc2)c1-c1ccccc1S(N)(=O)=O. The second-order valence-corrected chi connectivity index (χ2v) is 6.62. The van der Waals surface area contributed by atoms with E-state index in [1.807, 2.05) is 18.2 Å². The Kier molecular flexibility index (Phi) is 3.92. The highest BCUT2D eigenvalue weighted by molar-refractivity contribution is 7.89. The summed E-state index contributed by atoms with van der Waals surface area (Å²) in [6.07, 6.45) is 0. The number of nitrogens with two attached hydrogens (primary N) is 2. The van der Waals surface area contributed by atoms with Gasteiger partial charge in [0.05, 0.1) is 10.6 Å². The fraction of sp³-hybridized carbons (Fsp3) is 0. The lowest BCUT2D eigenvalue weighted by molar-refractivity contribution is 0.0996. The van der Waals surface area contributed by atoms with Crippen LogP contribution in [0.5, 0.6) is 0 Å². The Labute approximate surface area is 138 Å². The summed E-state index contributed by atoms with van der Waals surface area (Å²) in [5, 5.41) is 12.0. The Hall–Kier alpha value is -2.97. The summed E-state index contributed by atoms with van der Waals surface area (Å²) in [6.45, 7) is 0. The van der Waals surface area contributed by atoms with Crippen LogP contribution in [0.4, 0.5) is 0 Å². The average Bonchev–Trinajstić information content (AvgIpc) is 3.00. The number of amides is 1. The molecule has 7 nitrogen and oxygen atoms in total. The predicted molar refractivity (Wildman–Crippen MR) is 89.4 cm³/mol. The lowest BCUT2D eigenvalue weighted by atomic mass is 9.98. The van der Waals surface area contributed by atoms with Crippen LogP contribution in [-0.2, 0) is 10.0 Å². The van der Waals surface area contributed by atoms with Crippen LogP contribution in [0.15, 0.2) is 59.5 Å². The summed E-state index contributed by atoms with van der Waals surface area (Å²) in [4.78, 5) is 11.7. The van der Waals surface area contributed by atoms with E-state index in [2.05, 4.69) is 10.2 Å². The number of sulfonamides is 1. The van der Waals surface area contributed by atoms with E-state index in [0.717, 1.165) is 5.56 Å². The first-order valence-corrected chi connectivity index (χ1v) is 8.50. The van der Waals surface area contributed by atoms with Crippen molar-refractivity contribution in [1.82, 2.24) is 10.2 Å². The van der Waals surface area contributed by atoms with Crippen molar-refractivity contribution in [3.8, 4) is 22.4 Å². The lowest BCUT2D eigenvalue weighted by Crippen LogP contribution is -2.15. The Morgan fingerprint density at radius 1 is 1.00 bits per heavy atom. The summed E-state index contributed by atoms with van der Waals surface area (Å²) in [6, 6.07) is 15.2. The Bertz CT molecular complexity index is 1010. The highest BCUT2D eigenvalue weighted by Gasteiger charge is 2.25. The summed E-state index contributed by atoms with van der Waals surface area (Å²) in [5.74, 6) is -0.771. The van der Waals surface area contributed by atoms with Gasteiger partial charge in [-0.3, -0.25) is 9.89 Å². The molecule has 8 heteroatoms.